The van der Waals surface area contributed by atoms with Crippen LogP contribution in [-0.4, -0.2) is 33.9 Å². The first-order valence-electron chi connectivity index (χ1n) is 11.8. The van der Waals surface area contributed by atoms with Crippen molar-refractivity contribution in [3.05, 3.63) is 78.9 Å². The quantitative estimate of drug-likeness (QED) is 0.214. The van der Waals surface area contributed by atoms with Crippen LogP contribution in [0.25, 0.3) is 0 Å². The number of hydrogen-bond donors (Lipinski definition) is 1. The molecule has 0 aliphatic heterocycles. The van der Waals surface area contributed by atoms with Crippen LogP contribution in [0.5, 0.6) is 0 Å². The van der Waals surface area contributed by atoms with Gasteiger partial charge >= 0.3 is 0 Å². The molecule has 0 aliphatic carbocycles. The van der Waals surface area contributed by atoms with Gasteiger partial charge in [-0.3, -0.25) is 4.79 Å². The Morgan fingerprint density at radius 3 is 1.89 bits per heavy atom. The van der Waals surface area contributed by atoms with Crippen molar-refractivity contribution < 1.29 is 4.79 Å². The van der Waals surface area contributed by atoms with Crippen LogP contribution in [0, 0.1) is 0 Å². The molecular weight excluding hydrogens is 502 g/mol. The highest BCUT2D eigenvalue weighted by atomic mass is 32.2. The van der Waals surface area contributed by atoms with Crippen LogP contribution < -0.4 is 10.2 Å². The minimum atomic E-state index is -0.184. The van der Waals surface area contributed by atoms with Crippen LogP contribution >= 0.6 is 23.5 Å². The Hall–Kier alpha value is -3.76. The van der Waals surface area contributed by atoms with E-state index in [0.29, 0.717) is 21.7 Å². The number of rotatable bonds is 10. The minimum Gasteiger partial charge on any atom is -0.372 e. The van der Waals surface area contributed by atoms with Gasteiger partial charge in [0.2, 0.25) is 5.91 Å². The topological polar surface area (TPSA) is 95.7 Å². The minimum absolute atomic E-state index is 0.184. The zero-order valence-electron chi connectivity index (χ0n) is 20.8. The average Bonchev–Trinajstić information content (AvgIpc) is 2.90. The fraction of sp³-hybridized carbons (Fsp3) is 0.185. The van der Waals surface area contributed by atoms with Crippen molar-refractivity contribution in [1.29, 1.82) is 0 Å². The van der Waals surface area contributed by atoms with E-state index in [4.69, 9.17) is 0 Å². The lowest BCUT2D eigenvalue weighted by Crippen LogP contribution is -2.21. The molecule has 1 aromatic heterocycles. The third kappa shape index (κ3) is 7.61. The molecule has 37 heavy (non-hydrogen) atoms. The molecule has 188 valence electrons. The molecule has 0 saturated heterocycles. The lowest BCUT2D eigenvalue weighted by atomic mass is 10.2. The van der Waals surface area contributed by atoms with Gasteiger partial charge in [-0.25, -0.2) is 0 Å². The summed E-state index contributed by atoms with van der Waals surface area (Å²) in [7, 11) is 0. The Morgan fingerprint density at radius 1 is 0.811 bits per heavy atom. The van der Waals surface area contributed by atoms with Crippen molar-refractivity contribution in [2.24, 2.45) is 10.2 Å². The van der Waals surface area contributed by atoms with E-state index in [1.54, 1.807) is 0 Å². The monoisotopic (exact) mass is 529 g/mol. The van der Waals surface area contributed by atoms with Crippen molar-refractivity contribution in [2.75, 3.05) is 23.3 Å². The number of aromatic nitrogens is 3. The highest BCUT2D eigenvalue weighted by Crippen LogP contribution is 2.33. The molecule has 3 aromatic carbocycles. The normalized spacial score (nSPS) is 11.0. The molecule has 0 bridgehead atoms. The van der Waals surface area contributed by atoms with E-state index in [1.807, 2.05) is 78.9 Å². The molecule has 0 fully saturated rings. The molecule has 4 aromatic rings. The van der Waals surface area contributed by atoms with Crippen LogP contribution in [0.15, 0.2) is 109 Å². The van der Waals surface area contributed by atoms with E-state index in [0.717, 1.165) is 28.6 Å². The number of carbonyl (C=O) groups is 1. The van der Waals surface area contributed by atoms with E-state index in [9.17, 15) is 4.79 Å². The molecule has 0 saturated carbocycles. The number of azo groups is 1. The van der Waals surface area contributed by atoms with Crippen molar-refractivity contribution in [3.63, 3.8) is 0 Å². The molecule has 8 nitrogen and oxygen atoms in total. The summed E-state index contributed by atoms with van der Waals surface area (Å²) in [5.74, 6) is 0.00450. The third-order valence-corrected chi connectivity index (χ3v) is 6.90. The molecule has 0 aliphatic rings. The standard InChI is InChI=1S/C27H27N7OS2/c1-4-34(5-2)20-16-17-23(24(18-20)28-19(3)35)32-33-25-29-26(36-21-12-8-6-9-13-21)31-27(30-25)37-22-14-10-7-11-15-22/h6-18H,4-5H2,1-3H3,(H,28,35). The Morgan fingerprint density at radius 2 is 1.38 bits per heavy atom. The van der Waals surface area contributed by atoms with Crippen LogP contribution in [0.4, 0.5) is 23.0 Å². The van der Waals surface area contributed by atoms with Gasteiger partial charge in [-0.2, -0.15) is 15.0 Å². The fourth-order valence-corrected chi connectivity index (χ4v) is 5.02. The SMILES string of the molecule is CCN(CC)c1ccc(N=Nc2nc(Sc3ccccc3)nc(Sc3ccccc3)n2)c(NC(C)=O)c1. The van der Waals surface area contributed by atoms with Gasteiger partial charge in [0.05, 0.1) is 5.69 Å². The third-order valence-electron chi connectivity index (χ3n) is 5.15. The second-order valence-corrected chi connectivity index (χ2v) is 9.87. The van der Waals surface area contributed by atoms with Gasteiger partial charge in [-0.05, 0) is 79.8 Å². The number of amides is 1. The van der Waals surface area contributed by atoms with Crippen LogP contribution in [0.3, 0.4) is 0 Å². The maximum atomic E-state index is 11.9. The summed E-state index contributed by atoms with van der Waals surface area (Å²) < 4.78 is 0. The summed E-state index contributed by atoms with van der Waals surface area (Å²) in [5, 5.41) is 12.6. The summed E-state index contributed by atoms with van der Waals surface area (Å²) >= 11 is 2.86. The fourth-order valence-electron chi connectivity index (χ4n) is 3.44. The maximum absolute atomic E-state index is 11.9. The molecule has 0 unspecified atom stereocenters. The van der Waals surface area contributed by atoms with Gasteiger partial charge in [0.1, 0.15) is 5.69 Å². The smallest absolute Gasteiger partial charge is 0.273 e. The lowest BCUT2D eigenvalue weighted by Gasteiger charge is -2.22. The van der Waals surface area contributed by atoms with E-state index in [-0.39, 0.29) is 11.9 Å². The van der Waals surface area contributed by atoms with Gasteiger partial charge in [0.15, 0.2) is 10.3 Å². The number of nitrogens with zero attached hydrogens (tertiary/aromatic N) is 6. The second kappa shape index (κ2) is 13.0. The van der Waals surface area contributed by atoms with Crippen LogP contribution in [0.2, 0.25) is 0 Å². The second-order valence-electron chi connectivity index (χ2n) is 7.79. The molecule has 10 heteroatoms. The largest absolute Gasteiger partial charge is 0.372 e. The molecule has 0 spiro atoms. The first-order chi connectivity index (χ1) is 18.0. The van der Waals surface area contributed by atoms with Crippen LogP contribution in [0.1, 0.15) is 20.8 Å². The number of carbonyl (C=O) groups excluding carboxylic acids is 1. The molecule has 4 rings (SSSR count). The predicted octanol–water partition coefficient (Wildman–Crippen LogP) is 7.39. The number of nitrogens with one attached hydrogen (secondary N) is 1. The van der Waals surface area contributed by atoms with E-state index >= 15 is 0 Å². The number of hydrogen-bond acceptors (Lipinski definition) is 9. The molecular formula is C27H27N7OS2. The van der Waals surface area contributed by atoms with E-state index in [1.165, 1.54) is 30.4 Å². The van der Waals surface area contributed by atoms with Gasteiger partial charge < -0.3 is 10.2 Å². The van der Waals surface area contributed by atoms with Crippen molar-refractivity contribution >= 4 is 52.4 Å². The van der Waals surface area contributed by atoms with Gasteiger partial charge in [-0.1, -0.05) is 36.4 Å². The summed E-state index contributed by atoms with van der Waals surface area (Å²) in [5.41, 5.74) is 2.09. The van der Waals surface area contributed by atoms with Gasteiger partial charge in [0.25, 0.3) is 5.95 Å². The average molecular weight is 530 g/mol. The number of anilines is 2. The van der Waals surface area contributed by atoms with Crippen molar-refractivity contribution in [2.45, 2.75) is 40.9 Å². The maximum Gasteiger partial charge on any atom is 0.273 e. The number of benzene rings is 3. The lowest BCUT2D eigenvalue weighted by molar-refractivity contribution is -0.114. The Labute approximate surface area is 225 Å². The molecule has 1 N–H and O–H groups in total. The van der Waals surface area contributed by atoms with Crippen LogP contribution in [-0.2, 0) is 4.79 Å². The summed E-state index contributed by atoms with van der Waals surface area (Å²) in [6.45, 7) is 7.35. The highest BCUT2D eigenvalue weighted by Gasteiger charge is 2.12. The molecule has 0 atom stereocenters. The Kier molecular flexibility index (Phi) is 9.23. The highest BCUT2D eigenvalue weighted by molar-refractivity contribution is 7.99. The first-order valence-corrected chi connectivity index (χ1v) is 13.5. The molecule has 0 radical (unpaired) electrons. The Balaban J connectivity index is 1.68. The molecule has 1 amide bonds. The van der Waals surface area contributed by atoms with Crippen molar-refractivity contribution in [3.8, 4) is 0 Å². The summed E-state index contributed by atoms with van der Waals surface area (Å²) in [4.78, 5) is 29.7. The van der Waals surface area contributed by atoms with Crippen molar-refractivity contribution in [1.82, 2.24) is 15.0 Å². The molecule has 1 heterocycles. The van der Waals surface area contributed by atoms with E-state index in [2.05, 4.69) is 49.2 Å². The Bertz CT molecular complexity index is 1300. The predicted molar refractivity (Wildman–Crippen MR) is 149 cm³/mol. The zero-order valence-corrected chi connectivity index (χ0v) is 22.5. The zero-order chi connectivity index (χ0) is 26.0. The van der Waals surface area contributed by atoms with Gasteiger partial charge in [0, 0.05) is 35.5 Å². The first kappa shape index (κ1) is 26.3. The van der Waals surface area contributed by atoms with E-state index < -0.39 is 0 Å². The summed E-state index contributed by atoms with van der Waals surface area (Å²) in [6.07, 6.45) is 0. The summed E-state index contributed by atoms with van der Waals surface area (Å²) in [6, 6.07) is 25.5. The van der Waals surface area contributed by atoms with Gasteiger partial charge in [-0.15, -0.1) is 10.2 Å².